The van der Waals surface area contributed by atoms with Gasteiger partial charge in [-0.25, -0.2) is 0 Å². The topological polar surface area (TPSA) is 66.6 Å². The Kier molecular flexibility index (Phi) is 4.56. The molecular formula is C15H22N2O2. The summed E-state index contributed by atoms with van der Waals surface area (Å²) in [5.41, 5.74) is 8.26. The molecule has 104 valence electrons. The number of aliphatic hydroxyl groups excluding tert-OH is 1. The fourth-order valence-corrected chi connectivity index (χ4v) is 2.61. The summed E-state index contributed by atoms with van der Waals surface area (Å²) in [5.74, 6) is 0.0366. The Labute approximate surface area is 114 Å². The van der Waals surface area contributed by atoms with E-state index in [4.69, 9.17) is 5.73 Å². The SMILES string of the molecule is Cc1ccccc1[C@@H](N)CC(=O)N1CCC[C@H](O)C1. The molecule has 1 aromatic carbocycles. The molecule has 0 saturated carbocycles. The van der Waals surface area contributed by atoms with Gasteiger partial charge in [-0.2, -0.15) is 0 Å². The summed E-state index contributed by atoms with van der Waals surface area (Å²) in [7, 11) is 0. The van der Waals surface area contributed by atoms with Crippen molar-refractivity contribution in [2.24, 2.45) is 5.73 Å². The standard InChI is InChI=1S/C15H22N2O2/c1-11-5-2-3-7-13(11)14(16)9-15(19)17-8-4-6-12(18)10-17/h2-3,5,7,12,14,18H,4,6,8-10,16H2,1H3/t12-,14-/m0/s1. The van der Waals surface area contributed by atoms with Crippen LogP contribution in [0.5, 0.6) is 0 Å². The highest BCUT2D eigenvalue weighted by Crippen LogP contribution is 2.20. The van der Waals surface area contributed by atoms with E-state index in [1.54, 1.807) is 4.90 Å². The number of benzene rings is 1. The zero-order valence-electron chi connectivity index (χ0n) is 11.4. The lowest BCUT2D eigenvalue weighted by Gasteiger charge is -2.31. The van der Waals surface area contributed by atoms with Crippen molar-refractivity contribution in [3.8, 4) is 0 Å². The molecule has 1 heterocycles. The third-order valence-electron chi connectivity index (χ3n) is 3.73. The molecule has 1 saturated heterocycles. The molecule has 1 aromatic rings. The van der Waals surface area contributed by atoms with Crippen molar-refractivity contribution in [3.05, 3.63) is 35.4 Å². The van der Waals surface area contributed by atoms with Gasteiger partial charge in [0.2, 0.25) is 5.91 Å². The minimum absolute atomic E-state index is 0.0366. The number of carbonyl (C=O) groups is 1. The third-order valence-corrected chi connectivity index (χ3v) is 3.73. The van der Waals surface area contributed by atoms with Gasteiger partial charge < -0.3 is 15.7 Å². The van der Waals surface area contributed by atoms with Gasteiger partial charge in [0.1, 0.15) is 0 Å². The number of amides is 1. The second-order valence-corrected chi connectivity index (χ2v) is 5.30. The number of nitrogens with two attached hydrogens (primary N) is 1. The second-order valence-electron chi connectivity index (χ2n) is 5.30. The Balaban J connectivity index is 1.97. The number of aliphatic hydroxyl groups is 1. The Bertz CT molecular complexity index is 448. The van der Waals surface area contributed by atoms with Crippen molar-refractivity contribution in [1.29, 1.82) is 0 Å². The Morgan fingerprint density at radius 1 is 1.53 bits per heavy atom. The number of likely N-dealkylation sites (tertiary alicyclic amines) is 1. The van der Waals surface area contributed by atoms with Crippen molar-refractivity contribution in [3.63, 3.8) is 0 Å². The minimum Gasteiger partial charge on any atom is -0.391 e. The van der Waals surface area contributed by atoms with Crippen LogP contribution >= 0.6 is 0 Å². The first-order chi connectivity index (χ1) is 9.08. The number of rotatable bonds is 3. The molecule has 0 bridgehead atoms. The van der Waals surface area contributed by atoms with E-state index in [0.717, 1.165) is 30.5 Å². The van der Waals surface area contributed by atoms with E-state index >= 15 is 0 Å². The van der Waals surface area contributed by atoms with Crippen LogP contribution < -0.4 is 5.73 Å². The molecular weight excluding hydrogens is 240 g/mol. The van der Waals surface area contributed by atoms with Gasteiger partial charge in [0, 0.05) is 25.6 Å². The summed E-state index contributed by atoms with van der Waals surface area (Å²) < 4.78 is 0. The molecule has 0 aliphatic carbocycles. The Morgan fingerprint density at radius 2 is 2.26 bits per heavy atom. The van der Waals surface area contributed by atoms with E-state index in [2.05, 4.69) is 0 Å². The van der Waals surface area contributed by atoms with Crippen molar-refractivity contribution in [2.75, 3.05) is 13.1 Å². The number of carbonyl (C=O) groups excluding carboxylic acids is 1. The predicted octanol–water partition coefficient (Wildman–Crippen LogP) is 1.37. The number of nitrogens with zero attached hydrogens (tertiary/aromatic N) is 1. The van der Waals surface area contributed by atoms with E-state index in [-0.39, 0.29) is 18.1 Å². The van der Waals surface area contributed by atoms with Gasteiger partial charge in [-0.15, -0.1) is 0 Å². The average molecular weight is 262 g/mol. The summed E-state index contributed by atoms with van der Waals surface area (Å²) in [6, 6.07) is 7.61. The summed E-state index contributed by atoms with van der Waals surface area (Å²) in [4.78, 5) is 13.9. The normalized spacial score (nSPS) is 21.2. The second kappa shape index (κ2) is 6.17. The highest BCUT2D eigenvalue weighted by atomic mass is 16.3. The quantitative estimate of drug-likeness (QED) is 0.864. The van der Waals surface area contributed by atoms with Gasteiger partial charge in [0.15, 0.2) is 0 Å². The monoisotopic (exact) mass is 262 g/mol. The van der Waals surface area contributed by atoms with Gasteiger partial charge in [-0.1, -0.05) is 24.3 Å². The summed E-state index contributed by atoms with van der Waals surface area (Å²) in [6.45, 7) is 3.18. The van der Waals surface area contributed by atoms with E-state index in [9.17, 15) is 9.90 Å². The maximum Gasteiger partial charge on any atom is 0.224 e. The van der Waals surface area contributed by atoms with E-state index in [1.165, 1.54) is 0 Å². The number of β-amino-alcohol motifs (C(OH)–C–C–N with tert-alkyl or cyclic N) is 1. The smallest absolute Gasteiger partial charge is 0.224 e. The molecule has 2 atom stereocenters. The lowest BCUT2D eigenvalue weighted by molar-refractivity contribution is -0.134. The number of piperidine rings is 1. The van der Waals surface area contributed by atoms with Crippen LogP contribution in [0.2, 0.25) is 0 Å². The first kappa shape index (κ1) is 14.0. The van der Waals surface area contributed by atoms with Crippen molar-refractivity contribution < 1.29 is 9.90 Å². The number of aryl methyl sites for hydroxylation is 1. The minimum atomic E-state index is -0.382. The maximum absolute atomic E-state index is 12.2. The molecule has 4 nitrogen and oxygen atoms in total. The van der Waals surface area contributed by atoms with Gasteiger partial charge >= 0.3 is 0 Å². The van der Waals surface area contributed by atoms with Crippen LogP contribution in [0.1, 0.15) is 36.4 Å². The van der Waals surface area contributed by atoms with Crippen LogP contribution in [0.15, 0.2) is 24.3 Å². The molecule has 19 heavy (non-hydrogen) atoms. The lowest BCUT2D eigenvalue weighted by atomic mass is 9.98. The van der Waals surface area contributed by atoms with Gasteiger partial charge in [-0.05, 0) is 30.9 Å². The van der Waals surface area contributed by atoms with Crippen molar-refractivity contribution >= 4 is 5.91 Å². The zero-order valence-corrected chi connectivity index (χ0v) is 11.4. The molecule has 1 amide bonds. The molecule has 1 fully saturated rings. The van der Waals surface area contributed by atoms with Crippen LogP contribution in [0.25, 0.3) is 0 Å². The first-order valence-electron chi connectivity index (χ1n) is 6.85. The largest absolute Gasteiger partial charge is 0.391 e. The molecule has 4 heteroatoms. The highest BCUT2D eigenvalue weighted by molar-refractivity contribution is 5.77. The first-order valence-corrected chi connectivity index (χ1v) is 6.85. The third kappa shape index (κ3) is 3.55. The maximum atomic E-state index is 12.2. The fraction of sp³-hybridized carbons (Fsp3) is 0.533. The Morgan fingerprint density at radius 3 is 2.95 bits per heavy atom. The Hall–Kier alpha value is -1.39. The number of hydrogen-bond donors (Lipinski definition) is 2. The van der Waals surface area contributed by atoms with Crippen LogP contribution in [0, 0.1) is 6.92 Å². The van der Waals surface area contributed by atoms with Gasteiger partial charge in [0.25, 0.3) is 0 Å². The van der Waals surface area contributed by atoms with Crippen LogP contribution in [0.3, 0.4) is 0 Å². The molecule has 0 aromatic heterocycles. The predicted molar refractivity (Wildman–Crippen MR) is 74.5 cm³/mol. The molecule has 3 N–H and O–H groups in total. The molecule has 1 aliphatic heterocycles. The van der Waals surface area contributed by atoms with Crippen LogP contribution in [-0.4, -0.2) is 35.1 Å². The highest BCUT2D eigenvalue weighted by Gasteiger charge is 2.24. The zero-order chi connectivity index (χ0) is 13.8. The van der Waals surface area contributed by atoms with Crippen molar-refractivity contribution in [1.82, 2.24) is 4.90 Å². The number of hydrogen-bond acceptors (Lipinski definition) is 3. The van der Waals surface area contributed by atoms with E-state index in [0.29, 0.717) is 13.0 Å². The van der Waals surface area contributed by atoms with E-state index < -0.39 is 0 Å². The summed E-state index contributed by atoms with van der Waals surface area (Å²) >= 11 is 0. The van der Waals surface area contributed by atoms with Crippen molar-refractivity contribution in [2.45, 2.75) is 38.3 Å². The molecule has 1 aliphatic rings. The van der Waals surface area contributed by atoms with E-state index in [1.807, 2.05) is 31.2 Å². The molecule has 2 rings (SSSR count). The van der Waals surface area contributed by atoms with Crippen LogP contribution in [-0.2, 0) is 4.79 Å². The molecule has 0 radical (unpaired) electrons. The van der Waals surface area contributed by atoms with Crippen LogP contribution in [0.4, 0.5) is 0 Å². The molecule has 0 spiro atoms. The summed E-state index contributed by atoms with van der Waals surface area (Å²) in [6.07, 6.45) is 1.57. The van der Waals surface area contributed by atoms with Gasteiger partial charge in [-0.3, -0.25) is 4.79 Å². The average Bonchev–Trinajstić information content (AvgIpc) is 2.39. The lowest BCUT2D eigenvalue weighted by Crippen LogP contribution is -2.43. The summed E-state index contributed by atoms with van der Waals surface area (Å²) in [5, 5.41) is 9.60. The molecule has 0 unspecified atom stereocenters. The van der Waals surface area contributed by atoms with Gasteiger partial charge in [0.05, 0.1) is 6.10 Å². The fourth-order valence-electron chi connectivity index (χ4n) is 2.61.